The van der Waals surface area contributed by atoms with Crippen LogP contribution in [0.3, 0.4) is 0 Å². The molecule has 0 saturated carbocycles. The zero-order valence-corrected chi connectivity index (χ0v) is 14.9. The highest BCUT2D eigenvalue weighted by atomic mass is 35.5. The van der Waals surface area contributed by atoms with Gasteiger partial charge in [-0.3, -0.25) is 4.79 Å². The first kappa shape index (κ1) is 15.7. The van der Waals surface area contributed by atoms with Gasteiger partial charge in [0, 0.05) is 18.0 Å². The van der Waals surface area contributed by atoms with E-state index in [1.807, 2.05) is 41.3 Å². The number of aromatic nitrogens is 2. The molecule has 132 valence electrons. The lowest BCUT2D eigenvalue weighted by atomic mass is 10.1. The van der Waals surface area contributed by atoms with E-state index in [0.717, 1.165) is 47.6 Å². The smallest absolute Gasteiger partial charge is 0.264 e. The van der Waals surface area contributed by atoms with Gasteiger partial charge >= 0.3 is 0 Å². The number of nitrogens with zero attached hydrogens (tertiary/aromatic N) is 2. The molecule has 2 aromatic carbocycles. The molecule has 26 heavy (non-hydrogen) atoms. The van der Waals surface area contributed by atoms with E-state index in [9.17, 15) is 4.79 Å². The van der Waals surface area contributed by atoms with Crippen molar-refractivity contribution < 1.29 is 9.53 Å². The van der Waals surface area contributed by atoms with Crippen LogP contribution in [0, 0.1) is 0 Å². The summed E-state index contributed by atoms with van der Waals surface area (Å²) in [6, 6.07) is 13.4. The summed E-state index contributed by atoms with van der Waals surface area (Å²) in [7, 11) is 0. The lowest BCUT2D eigenvalue weighted by molar-refractivity contribution is -0.139. The van der Waals surface area contributed by atoms with Crippen LogP contribution in [0.15, 0.2) is 42.5 Å². The fourth-order valence-electron chi connectivity index (χ4n) is 3.98. The van der Waals surface area contributed by atoms with Crippen molar-refractivity contribution in [2.24, 2.45) is 0 Å². The highest BCUT2D eigenvalue weighted by Gasteiger charge is 2.39. The maximum Gasteiger partial charge on any atom is 0.264 e. The first-order valence-electron chi connectivity index (χ1n) is 8.89. The first-order chi connectivity index (χ1) is 12.7. The number of amides is 1. The number of hydrogen-bond acceptors (Lipinski definition) is 3. The number of para-hydroxylation sites is 2. The summed E-state index contributed by atoms with van der Waals surface area (Å²) >= 11 is 6.06. The Morgan fingerprint density at radius 3 is 3.04 bits per heavy atom. The Balaban J connectivity index is 1.39. The number of imidazole rings is 1. The molecule has 2 aliphatic rings. The number of aromatic amines is 1. The third kappa shape index (κ3) is 2.54. The van der Waals surface area contributed by atoms with Gasteiger partial charge < -0.3 is 14.6 Å². The fraction of sp³-hybridized carbons (Fsp3) is 0.300. The van der Waals surface area contributed by atoms with Crippen LogP contribution in [-0.2, 0) is 11.2 Å². The van der Waals surface area contributed by atoms with Gasteiger partial charge in [-0.1, -0.05) is 23.7 Å². The Labute approximate surface area is 155 Å². The van der Waals surface area contributed by atoms with E-state index in [4.69, 9.17) is 21.3 Å². The van der Waals surface area contributed by atoms with Gasteiger partial charge in [0.15, 0.2) is 6.10 Å². The van der Waals surface area contributed by atoms with E-state index < -0.39 is 6.10 Å². The molecule has 0 unspecified atom stereocenters. The molecular weight excluding hydrogens is 350 g/mol. The second-order valence-electron chi connectivity index (χ2n) is 6.89. The van der Waals surface area contributed by atoms with Gasteiger partial charge in [-0.15, -0.1) is 0 Å². The molecule has 5 rings (SSSR count). The number of carbonyl (C=O) groups excluding carboxylic acids is 1. The lowest BCUT2D eigenvalue weighted by Crippen LogP contribution is -2.41. The summed E-state index contributed by atoms with van der Waals surface area (Å²) in [5, 5.41) is 0.668. The van der Waals surface area contributed by atoms with Crippen LogP contribution < -0.4 is 4.74 Å². The highest BCUT2D eigenvalue weighted by Crippen LogP contribution is 2.36. The van der Waals surface area contributed by atoms with Gasteiger partial charge in [0.2, 0.25) is 0 Å². The minimum Gasteiger partial charge on any atom is -0.480 e. The number of nitrogens with one attached hydrogen (secondary N) is 1. The molecule has 6 heteroatoms. The Morgan fingerprint density at radius 1 is 1.27 bits per heavy atom. The van der Waals surface area contributed by atoms with Gasteiger partial charge in [-0.05, 0) is 48.7 Å². The zero-order chi connectivity index (χ0) is 17.7. The maximum atomic E-state index is 13.1. The zero-order valence-electron chi connectivity index (χ0n) is 14.1. The molecule has 0 bridgehead atoms. The first-order valence-corrected chi connectivity index (χ1v) is 9.27. The summed E-state index contributed by atoms with van der Waals surface area (Å²) in [4.78, 5) is 23.1. The van der Waals surface area contributed by atoms with E-state index in [1.54, 1.807) is 6.07 Å². The number of hydrogen-bond donors (Lipinski definition) is 1. The van der Waals surface area contributed by atoms with Crippen LogP contribution in [0.5, 0.6) is 5.75 Å². The SMILES string of the molecule is O=C([C@@H]1Cc2cc(Cl)ccc2O1)N1CCC[C@@H]1c1nc2ccccc2[nH]1. The van der Waals surface area contributed by atoms with Crippen LogP contribution >= 0.6 is 11.6 Å². The van der Waals surface area contributed by atoms with E-state index in [0.29, 0.717) is 11.4 Å². The van der Waals surface area contributed by atoms with Gasteiger partial charge in [0.1, 0.15) is 11.6 Å². The quantitative estimate of drug-likeness (QED) is 0.747. The Kier molecular flexibility index (Phi) is 3.64. The molecule has 0 spiro atoms. The molecule has 5 nitrogen and oxygen atoms in total. The van der Waals surface area contributed by atoms with Gasteiger partial charge in [-0.2, -0.15) is 0 Å². The average molecular weight is 368 g/mol. The van der Waals surface area contributed by atoms with Crippen molar-refractivity contribution in [3.05, 3.63) is 58.9 Å². The number of rotatable bonds is 2. The largest absolute Gasteiger partial charge is 0.480 e. The third-order valence-corrected chi connectivity index (χ3v) is 5.47. The van der Waals surface area contributed by atoms with Gasteiger partial charge in [-0.25, -0.2) is 4.98 Å². The Morgan fingerprint density at radius 2 is 2.15 bits per heavy atom. The summed E-state index contributed by atoms with van der Waals surface area (Å²) < 4.78 is 5.90. The number of H-pyrrole nitrogens is 1. The third-order valence-electron chi connectivity index (χ3n) is 5.23. The van der Waals surface area contributed by atoms with Crippen molar-refractivity contribution in [1.29, 1.82) is 0 Å². The standard InChI is InChI=1S/C20H18ClN3O2/c21-13-7-8-17-12(10-13)11-18(26-17)20(25)24-9-3-6-16(24)19-22-14-4-1-2-5-15(14)23-19/h1-2,4-5,7-8,10,16,18H,3,6,9,11H2,(H,22,23)/t16-,18+/m1/s1. The monoisotopic (exact) mass is 367 g/mol. The summed E-state index contributed by atoms with van der Waals surface area (Å²) in [6.07, 6.45) is 1.97. The molecule has 1 N–H and O–H groups in total. The topological polar surface area (TPSA) is 58.2 Å². The maximum absolute atomic E-state index is 13.1. The summed E-state index contributed by atoms with van der Waals surface area (Å²) in [5.41, 5.74) is 2.93. The number of ether oxygens (including phenoxy) is 1. The number of halogens is 1. The molecule has 3 aromatic rings. The Bertz CT molecular complexity index is 967. The summed E-state index contributed by atoms with van der Waals surface area (Å²) in [5.74, 6) is 1.64. The normalized spacial score (nSPS) is 21.8. The van der Waals surface area contributed by atoms with Crippen LogP contribution in [0.4, 0.5) is 0 Å². The molecule has 0 radical (unpaired) electrons. The number of fused-ring (bicyclic) bond motifs is 2. The number of carbonyl (C=O) groups is 1. The molecule has 1 fully saturated rings. The van der Waals surface area contributed by atoms with Crippen LogP contribution in [0.2, 0.25) is 5.02 Å². The Hall–Kier alpha value is -2.53. The van der Waals surface area contributed by atoms with Crippen molar-refractivity contribution in [1.82, 2.24) is 14.9 Å². The molecule has 2 aliphatic heterocycles. The number of benzene rings is 2. The predicted octanol–water partition coefficient (Wildman–Crippen LogP) is 3.88. The van der Waals surface area contributed by atoms with Crippen LogP contribution in [0.1, 0.15) is 30.3 Å². The summed E-state index contributed by atoms with van der Waals surface area (Å²) in [6.45, 7) is 0.734. The van der Waals surface area contributed by atoms with Crippen molar-refractivity contribution in [2.45, 2.75) is 31.4 Å². The van der Waals surface area contributed by atoms with Crippen LogP contribution in [0.25, 0.3) is 11.0 Å². The van der Waals surface area contributed by atoms with Gasteiger partial charge in [0.25, 0.3) is 5.91 Å². The second-order valence-corrected chi connectivity index (χ2v) is 7.33. The lowest BCUT2D eigenvalue weighted by Gasteiger charge is -2.25. The van der Waals surface area contributed by atoms with E-state index >= 15 is 0 Å². The molecule has 0 aliphatic carbocycles. The molecule has 1 aromatic heterocycles. The number of likely N-dealkylation sites (tertiary alicyclic amines) is 1. The van der Waals surface area contributed by atoms with E-state index in [-0.39, 0.29) is 11.9 Å². The molecule has 1 saturated heterocycles. The van der Waals surface area contributed by atoms with Crippen molar-refractivity contribution in [2.75, 3.05) is 6.54 Å². The molecule has 2 atom stereocenters. The van der Waals surface area contributed by atoms with E-state index in [2.05, 4.69) is 4.98 Å². The minimum atomic E-state index is -0.478. The minimum absolute atomic E-state index is 0.0224. The van der Waals surface area contributed by atoms with Crippen molar-refractivity contribution in [3.8, 4) is 5.75 Å². The molecule has 3 heterocycles. The van der Waals surface area contributed by atoms with Crippen molar-refractivity contribution >= 4 is 28.5 Å². The highest BCUT2D eigenvalue weighted by molar-refractivity contribution is 6.30. The van der Waals surface area contributed by atoms with E-state index in [1.165, 1.54) is 0 Å². The second kappa shape index (κ2) is 6.02. The van der Waals surface area contributed by atoms with Gasteiger partial charge in [0.05, 0.1) is 17.1 Å². The van der Waals surface area contributed by atoms with Crippen LogP contribution in [-0.4, -0.2) is 33.4 Å². The molecular formula is C20H18ClN3O2. The van der Waals surface area contributed by atoms with Crippen molar-refractivity contribution in [3.63, 3.8) is 0 Å². The molecule has 1 amide bonds. The fourth-order valence-corrected chi connectivity index (χ4v) is 4.18. The predicted molar refractivity (Wildman–Crippen MR) is 99.4 cm³/mol. The average Bonchev–Trinajstić information content (AvgIpc) is 3.36.